The molecule has 0 unspecified atom stereocenters. The Hall–Kier alpha value is -4.32. The van der Waals surface area contributed by atoms with Crippen LogP contribution < -0.4 is 26.2 Å². The van der Waals surface area contributed by atoms with Crippen molar-refractivity contribution in [2.24, 2.45) is 5.92 Å². The maximum atomic E-state index is 13.3. The highest BCUT2D eigenvalue weighted by molar-refractivity contribution is 6.39. The van der Waals surface area contributed by atoms with E-state index >= 15 is 0 Å². The highest BCUT2D eigenvalue weighted by Crippen LogP contribution is 2.42. The lowest BCUT2D eigenvalue weighted by Gasteiger charge is -2.37. The second-order valence-corrected chi connectivity index (χ2v) is 13.6. The van der Waals surface area contributed by atoms with Crippen LogP contribution >= 0.6 is 23.2 Å². The summed E-state index contributed by atoms with van der Waals surface area (Å²) in [5.74, 6) is 0.542. The number of amides is 1. The lowest BCUT2D eigenvalue weighted by atomic mass is 9.97. The highest BCUT2D eigenvalue weighted by atomic mass is 35.5. The van der Waals surface area contributed by atoms with E-state index in [-0.39, 0.29) is 17.4 Å². The summed E-state index contributed by atoms with van der Waals surface area (Å²) in [5, 5.41) is 10.8. The minimum Gasteiger partial charge on any atom is -0.481 e. The number of pyridine rings is 2. The second-order valence-electron chi connectivity index (χ2n) is 12.9. The van der Waals surface area contributed by atoms with E-state index in [4.69, 9.17) is 32.9 Å². The minimum atomic E-state index is -0.135. The molecule has 10 nitrogen and oxygen atoms in total. The number of rotatable bonds is 11. The van der Waals surface area contributed by atoms with Crippen molar-refractivity contribution in [3.8, 4) is 39.4 Å². The summed E-state index contributed by atoms with van der Waals surface area (Å²) in [6.45, 7) is 4.32. The van der Waals surface area contributed by atoms with Gasteiger partial charge in [0.25, 0.3) is 5.56 Å². The van der Waals surface area contributed by atoms with E-state index in [1.54, 1.807) is 31.0 Å². The van der Waals surface area contributed by atoms with E-state index in [1.165, 1.54) is 12.8 Å². The summed E-state index contributed by atoms with van der Waals surface area (Å²) in [6, 6.07) is 19.9. The zero-order valence-corrected chi connectivity index (χ0v) is 29.5. The van der Waals surface area contributed by atoms with E-state index in [9.17, 15) is 9.59 Å². The standard InChI is InChI=1S/C38H39Cl2N7O3/c1-41-36(48)26-21-46(22-26)20-25-18-44-33-16-23(13-15-47(33)38(25)49)28-7-3-8-29(34(28)39)30-9-4-10-31(35(30)40)32-12-11-24(37(45-32)50-2)17-42-19-27-6-5-14-43-27/h3-4,7-13,15-16,18,26-27,42-43H,5-6,14,17,19-22H2,1-2H3,(H,41,48)/t27-/m0/s1. The fourth-order valence-corrected chi connectivity index (χ4v) is 7.50. The molecule has 5 heterocycles. The monoisotopic (exact) mass is 711 g/mol. The first-order valence-electron chi connectivity index (χ1n) is 16.8. The first kappa shape index (κ1) is 34.1. The van der Waals surface area contributed by atoms with Crippen LogP contribution in [0.25, 0.3) is 39.2 Å². The summed E-state index contributed by atoms with van der Waals surface area (Å²) in [4.78, 5) is 36.7. The molecule has 3 N–H and O–H groups in total. The fourth-order valence-electron chi connectivity index (χ4n) is 6.84. The van der Waals surface area contributed by atoms with Crippen LogP contribution in [-0.2, 0) is 17.9 Å². The number of hydrogen-bond acceptors (Lipinski definition) is 8. The number of methoxy groups -OCH3 is 1. The highest BCUT2D eigenvalue weighted by Gasteiger charge is 2.32. The third-order valence-corrected chi connectivity index (χ3v) is 10.4. The van der Waals surface area contributed by atoms with Gasteiger partial charge in [-0.15, -0.1) is 0 Å². The van der Waals surface area contributed by atoms with Crippen LogP contribution in [0.5, 0.6) is 5.88 Å². The summed E-state index contributed by atoms with van der Waals surface area (Å²) < 4.78 is 7.22. The van der Waals surface area contributed by atoms with Crippen LogP contribution in [0.3, 0.4) is 0 Å². The molecule has 2 saturated heterocycles. The predicted molar refractivity (Wildman–Crippen MR) is 198 cm³/mol. The molecule has 1 amide bonds. The van der Waals surface area contributed by atoms with Crippen LogP contribution in [0.2, 0.25) is 10.0 Å². The summed E-state index contributed by atoms with van der Waals surface area (Å²) in [6.07, 6.45) is 5.76. The Kier molecular flexibility index (Phi) is 10.2. The van der Waals surface area contributed by atoms with Gasteiger partial charge in [-0.3, -0.25) is 18.9 Å². The number of nitrogens with zero attached hydrogens (tertiary/aromatic N) is 4. The number of halogens is 2. The van der Waals surface area contributed by atoms with Crippen molar-refractivity contribution < 1.29 is 9.53 Å². The fraction of sp³-hybridized carbons (Fsp3) is 0.316. The molecule has 12 heteroatoms. The Bertz CT molecular complexity index is 2110. The number of fused-ring (bicyclic) bond motifs is 1. The van der Waals surface area contributed by atoms with Crippen molar-refractivity contribution in [1.82, 2.24) is 35.2 Å². The SMILES string of the molecule is CNC(=O)C1CN(Cc2cnc3cc(-c4cccc(-c5cccc(-c6ccc(CNC[C@@H]7CCCN7)c(OC)n6)c5Cl)c4Cl)ccn3c2=O)C1. The first-order chi connectivity index (χ1) is 24.3. The van der Waals surface area contributed by atoms with Gasteiger partial charge < -0.3 is 20.7 Å². The molecule has 258 valence electrons. The molecule has 0 radical (unpaired) electrons. The topological polar surface area (TPSA) is 113 Å². The van der Waals surface area contributed by atoms with Crippen LogP contribution in [0.15, 0.2) is 77.9 Å². The zero-order chi connectivity index (χ0) is 34.8. The number of hydrogen-bond donors (Lipinski definition) is 3. The van der Waals surface area contributed by atoms with Gasteiger partial charge in [-0.2, -0.15) is 0 Å². The Balaban J connectivity index is 1.12. The van der Waals surface area contributed by atoms with Gasteiger partial charge in [-0.1, -0.05) is 65.7 Å². The number of carbonyl (C=O) groups is 1. The smallest absolute Gasteiger partial charge is 0.262 e. The van der Waals surface area contributed by atoms with Gasteiger partial charge in [0, 0.05) is 86.0 Å². The van der Waals surface area contributed by atoms with Crippen LogP contribution in [-0.4, -0.2) is 71.6 Å². The van der Waals surface area contributed by atoms with Crippen molar-refractivity contribution >= 4 is 34.8 Å². The maximum Gasteiger partial charge on any atom is 0.262 e. The molecule has 2 fully saturated rings. The van der Waals surface area contributed by atoms with Gasteiger partial charge in [0.15, 0.2) is 0 Å². The normalized spacial score (nSPS) is 16.4. The van der Waals surface area contributed by atoms with E-state index in [1.807, 2.05) is 60.7 Å². The number of ether oxygens (including phenoxy) is 1. The molecule has 2 aromatic carbocycles. The summed E-state index contributed by atoms with van der Waals surface area (Å²) in [5.41, 5.74) is 6.56. The summed E-state index contributed by atoms with van der Waals surface area (Å²) in [7, 11) is 3.27. The van der Waals surface area contributed by atoms with Crippen LogP contribution in [0.1, 0.15) is 24.0 Å². The molecule has 7 rings (SSSR count). The number of carbonyl (C=O) groups excluding carboxylic acids is 1. The number of aromatic nitrogens is 3. The van der Waals surface area contributed by atoms with Crippen LogP contribution in [0, 0.1) is 5.92 Å². The number of likely N-dealkylation sites (tertiary alicyclic amines) is 1. The molecule has 0 saturated carbocycles. The lowest BCUT2D eigenvalue weighted by Crippen LogP contribution is -2.52. The zero-order valence-electron chi connectivity index (χ0n) is 28.0. The Morgan fingerprint density at radius 2 is 1.74 bits per heavy atom. The van der Waals surface area contributed by atoms with Gasteiger partial charge in [0.2, 0.25) is 11.8 Å². The Morgan fingerprint density at radius 3 is 2.46 bits per heavy atom. The van der Waals surface area contributed by atoms with E-state index in [0.717, 1.165) is 46.5 Å². The Morgan fingerprint density at radius 1 is 1.00 bits per heavy atom. The average molecular weight is 713 g/mol. The van der Waals surface area contributed by atoms with Crippen LogP contribution in [0.4, 0.5) is 0 Å². The average Bonchev–Trinajstić information content (AvgIpc) is 3.64. The molecular formula is C38H39Cl2N7O3. The Labute approximate surface area is 300 Å². The quantitative estimate of drug-likeness (QED) is 0.167. The second kappa shape index (κ2) is 14.9. The number of nitrogens with one attached hydrogen (secondary N) is 3. The predicted octanol–water partition coefficient (Wildman–Crippen LogP) is 5.43. The molecule has 2 aliphatic rings. The van der Waals surface area contributed by atoms with Gasteiger partial charge in [-0.05, 0) is 43.1 Å². The van der Waals surface area contributed by atoms with E-state index in [2.05, 4.69) is 25.8 Å². The maximum absolute atomic E-state index is 13.3. The van der Waals surface area contributed by atoms with Crippen molar-refractivity contribution in [3.63, 3.8) is 0 Å². The van der Waals surface area contributed by atoms with Crippen molar-refractivity contribution in [1.29, 1.82) is 0 Å². The number of benzene rings is 2. The molecule has 3 aromatic heterocycles. The first-order valence-corrected chi connectivity index (χ1v) is 17.6. The minimum absolute atomic E-state index is 0.0264. The molecule has 0 aliphatic carbocycles. The largest absolute Gasteiger partial charge is 0.481 e. The third-order valence-electron chi connectivity index (χ3n) is 9.62. The van der Waals surface area contributed by atoms with Gasteiger partial charge in [0.1, 0.15) is 5.65 Å². The molecule has 5 aromatic rings. The molecular weight excluding hydrogens is 673 g/mol. The summed E-state index contributed by atoms with van der Waals surface area (Å²) >= 11 is 14.2. The van der Waals surface area contributed by atoms with Gasteiger partial charge in [-0.25, -0.2) is 9.97 Å². The van der Waals surface area contributed by atoms with Crippen molar-refractivity contribution in [2.45, 2.75) is 32.0 Å². The van der Waals surface area contributed by atoms with Gasteiger partial charge in [0.05, 0.1) is 34.3 Å². The van der Waals surface area contributed by atoms with Crippen molar-refractivity contribution in [3.05, 3.63) is 105 Å². The molecule has 0 spiro atoms. The lowest BCUT2D eigenvalue weighted by molar-refractivity contribution is -0.129. The molecule has 2 aliphatic heterocycles. The third kappa shape index (κ3) is 6.86. The van der Waals surface area contributed by atoms with Crippen molar-refractivity contribution in [2.75, 3.05) is 40.3 Å². The molecule has 50 heavy (non-hydrogen) atoms. The molecule has 0 bridgehead atoms. The van der Waals surface area contributed by atoms with E-state index in [0.29, 0.717) is 65.1 Å². The van der Waals surface area contributed by atoms with Gasteiger partial charge >= 0.3 is 0 Å². The van der Waals surface area contributed by atoms with E-state index < -0.39 is 0 Å². The molecule has 1 atom stereocenters.